The molecule has 1 rings (SSSR count). The molecule has 4 heteroatoms. The summed E-state index contributed by atoms with van der Waals surface area (Å²) in [5.41, 5.74) is -0.708. The first-order valence-corrected chi connectivity index (χ1v) is 5.30. The number of rotatable bonds is 4. The van der Waals surface area contributed by atoms with Crippen molar-refractivity contribution in [3.05, 3.63) is 11.6 Å². The molecule has 0 amide bonds. The van der Waals surface area contributed by atoms with Crippen molar-refractivity contribution in [2.75, 3.05) is 5.32 Å². The molecule has 3 nitrogen and oxygen atoms in total. The molecular formula is C9H16N2OS. The van der Waals surface area contributed by atoms with Crippen molar-refractivity contribution in [3.8, 4) is 0 Å². The lowest BCUT2D eigenvalue weighted by atomic mass is 9.97. The van der Waals surface area contributed by atoms with Crippen molar-refractivity contribution in [2.24, 2.45) is 0 Å². The standard InChI is InChI=1S/C9H16N2OS/c1-4-7(9(2,3)12)11-8-10-5-6-13-8/h5-7,12H,4H2,1-3H3,(H,10,11). The van der Waals surface area contributed by atoms with Crippen LogP contribution < -0.4 is 5.32 Å². The third-order valence-corrected chi connectivity index (χ3v) is 2.70. The first-order chi connectivity index (χ1) is 6.04. The zero-order valence-electron chi connectivity index (χ0n) is 8.24. The summed E-state index contributed by atoms with van der Waals surface area (Å²) in [5.74, 6) is 0. The van der Waals surface area contributed by atoms with Crippen LogP contribution in [0.5, 0.6) is 0 Å². The Morgan fingerprint density at radius 2 is 2.38 bits per heavy atom. The molecule has 0 bridgehead atoms. The van der Waals surface area contributed by atoms with E-state index >= 15 is 0 Å². The molecule has 74 valence electrons. The Balaban J connectivity index is 2.60. The summed E-state index contributed by atoms with van der Waals surface area (Å²) >= 11 is 1.55. The minimum absolute atomic E-state index is 0.0543. The summed E-state index contributed by atoms with van der Waals surface area (Å²) in [7, 11) is 0. The maximum Gasteiger partial charge on any atom is 0.182 e. The first kappa shape index (κ1) is 10.5. The van der Waals surface area contributed by atoms with Crippen molar-refractivity contribution < 1.29 is 5.11 Å². The Kier molecular flexibility index (Phi) is 3.27. The van der Waals surface area contributed by atoms with Gasteiger partial charge >= 0.3 is 0 Å². The SMILES string of the molecule is CCC(Nc1nccs1)C(C)(C)O. The fourth-order valence-corrected chi connectivity index (χ4v) is 1.80. The van der Waals surface area contributed by atoms with Crippen LogP contribution in [0.2, 0.25) is 0 Å². The molecule has 0 spiro atoms. The largest absolute Gasteiger partial charge is 0.388 e. The molecule has 2 N–H and O–H groups in total. The average molecular weight is 200 g/mol. The summed E-state index contributed by atoms with van der Waals surface area (Å²) in [6.07, 6.45) is 2.63. The predicted molar refractivity (Wildman–Crippen MR) is 56.1 cm³/mol. The van der Waals surface area contributed by atoms with E-state index in [-0.39, 0.29) is 6.04 Å². The van der Waals surface area contributed by atoms with E-state index in [2.05, 4.69) is 10.3 Å². The van der Waals surface area contributed by atoms with Crippen LogP contribution >= 0.6 is 11.3 Å². The van der Waals surface area contributed by atoms with E-state index in [1.165, 1.54) is 0 Å². The lowest BCUT2D eigenvalue weighted by molar-refractivity contribution is 0.0579. The van der Waals surface area contributed by atoms with Gasteiger partial charge in [-0.1, -0.05) is 6.92 Å². The normalized spacial score (nSPS) is 14.2. The van der Waals surface area contributed by atoms with Gasteiger partial charge in [0.2, 0.25) is 0 Å². The summed E-state index contributed by atoms with van der Waals surface area (Å²) in [6, 6.07) is 0.0543. The number of hydrogen-bond acceptors (Lipinski definition) is 4. The average Bonchev–Trinajstić information content (AvgIpc) is 2.49. The van der Waals surface area contributed by atoms with Gasteiger partial charge in [-0.3, -0.25) is 0 Å². The van der Waals surface area contributed by atoms with Gasteiger partial charge in [0.1, 0.15) is 0 Å². The predicted octanol–water partition coefficient (Wildman–Crippen LogP) is 2.10. The molecule has 0 aromatic carbocycles. The number of nitrogens with zero attached hydrogens (tertiary/aromatic N) is 1. The van der Waals surface area contributed by atoms with Gasteiger partial charge in [0.15, 0.2) is 5.13 Å². The maximum atomic E-state index is 9.79. The maximum absolute atomic E-state index is 9.79. The number of aromatic nitrogens is 1. The zero-order valence-corrected chi connectivity index (χ0v) is 9.06. The minimum Gasteiger partial charge on any atom is -0.388 e. The summed E-state index contributed by atoms with van der Waals surface area (Å²) in [6.45, 7) is 5.66. The number of hydrogen-bond donors (Lipinski definition) is 2. The minimum atomic E-state index is -0.708. The number of thiazole rings is 1. The molecule has 1 aromatic heterocycles. The molecule has 13 heavy (non-hydrogen) atoms. The lowest BCUT2D eigenvalue weighted by Crippen LogP contribution is -2.41. The second-order valence-electron chi connectivity index (χ2n) is 3.60. The Bertz CT molecular complexity index is 241. The number of anilines is 1. The molecule has 1 unspecified atom stereocenters. The lowest BCUT2D eigenvalue weighted by Gasteiger charge is -2.28. The molecule has 0 saturated carbocycles. The van der Waals surface area contributed by atoms with Gasteiger partial charge < -0.3 is 10.4 Å². The van der Waals surface area contributed by atoms with Gasteiger partial charge in [0.25, 0.3) is 0 Å². The van der Waals surface area contributed by atoms with Crippen molar-refractivity contribution in [1.29, 1.82) is 0 Å². The third-order valence-electron chi connectivity index (χ3n) is 1.99. The summed E-state index contributed by atoms with van der Waals surface area (Å²) in [4.78, 5) is 4.11. The second-order valence-corrected chi connectivity index (χ2v) is 4.49. The van der Waals surface area contributed by atoms with Gasteiger partial charge in [-0.2, -0.15) is 0 Å². The van der Waals surface area contributed by atoms with Crippen LogP contribution in [-0.2, 0) is 0 Å². The molecular weight excluding hydrogens is 184 g/mol. The van der Waals surface area contributed by atoms with Crippen molar-refractivity contribution in [1.82, 2.24) is 4.98 Å². The van der Waals surface area contributed by atoms with Gasteiger partial charge in [-0.25, -0.2) is 4.98 Å². The monoisotopic (exact) mass is 200 g/mol. The summed E-state index contributed by atoms with van der Waals surface area (Å²) < 4.78 is 0. The van der Waals surface area contributed by atoms with E-state index in [1.54, 1.807) is 17.5 Å². The number of nitrogens with one attached hydrogen (secondary N) is 1. The molecule has 0 saturated heterocycles. The highest BCUT2D eigenvalue weighted by Crippen LogP contribution is 2.19. The molecule has 0 aliphatic rings. The Labute approximate surface area is 82.8 Å². The highest BCUT2D eigenvalue weighted by molar-refractivity contribution is 7.13. The zero-order chi connectivity index (χ0) is 9.90. The fourth-order valence-electron chi connectivity index (χ4n) is 1.22. The van der Waals surface area contributed by atoms with E-state index < -0.39 is 5.60 Å². The molecule has 0 aliphatic carbocycles. The smallest absolute Gasteiger partial charge is 0.182 e. The summed E-state index contributed by atoms with van der Waals surface area (Å²) in [5, 5.41) is 15.8. The van der Waals surface area contributed by atoms with E-state index in [4.69, 9.17) is 0 Å². The Morgan fingerprint density at radius 1 is 1.69 bits per heavy atom. The van der Waals surface area contributed by atoms with Crippen molar-refractivity contribution >= 4 is 16.5 Å². The van der Waals surface area contributed by atoms with E-state index in [0.29, 0.717) is 0 Å². The van der Waals surface area contributed by atoms with Crippen LogP contribution in [-0.4, -0.2) is 21.7 Å². The van der Waals surface area contributed by atoms with Crippen LogP contribution in [0.3, 0.4) is 0 Å². The van der Waals surface area contributed by atoms with Crippen LogP contribution in [0.25, 0.3) is 0 Å². The highest BCUT2D eigenvalue weighted by Gasteiger charge is 2.25. The third kappa shape index (κ3) is 2.97. The van der Waals surface area contributed by atoms with Crippen LogP contribution in [0.15, 0.2) is 11.6 Å². The van der Waals surface area contributed by atoms with Gasteiger partial charge in [-0.05, 0) is 20.3 Å². The molecule has 1 aromatic rings. The van der Waals surface area contributed by atoms with Gasteiger partial charge in [0, 0.05) is 11.6 Å². The first-order valence-electron chi connectivity index (χ1n) is 4.42. The van der Waals surface area contributed by atoms with Crippen LogP contribution in [0.1, 0.15) is 27.2 Å². The highest BCUT2D eigenvalue weighted by atomic mass is 32.1. The molecule has 1 atom stereocenters. The van der Waals surface area contributed by atoms with Crippen LogP contribution in [0.4, 0.5) is 5.13 Å². The molecule has 0 aliphatic heterocycles. The van der Waals surface area contributed by atoms with Crippen LogP contribution in [0, 0.1) is 0 Å². The van der Waals surface area contributed by atoms with E-state index in [9.17, 15) is 5.11 Å². The van der Waals surface area contributed by atoms with Crippen molar-refractivity contribution in [3.63, 3.8) is 0 Å². The molecule has 0 fully saturated rings. The Morgan fingerprint density at radius 3 is 2.77 bits per heavy atom. The van der Waals surface area contributed by atoms with Gasteiger partial charge in [0.05, 0.1) is 11.6 Å². The van der Waals surface area contributed by atoms with E-state index in [0.717, 1.165) is 11.6 Å². The van der Waals surface area contributed by atoms with Crippen molar-refractivity contribution in [2.45, 2.75) is 38.8 Å². The van der Waals surface area contributed by atoms with Gasteiger partial charge in [-0.15, -0.1) is 11.3 Å². The number of aliphatic hydroxyl groups is 1. The fraction of sp³-hybridized carbons (Fsp3) is 0.667. The topological polar surface area (TPSA) is 45.2 Å². The molecule has 1 heterocycles. The second kappa shape index (κ2) is 4.07. The molecule has 0 radical (unpaired) electrons. The quantitative estimate of drug-likeness (QED) is 0.782. The Hall–Kier alpha value is -0.610. The van der Waals surface area contributed by atoms with E-state index in [1.807, 2.05) is 26.2 Å².